The highest BCUT2D eigenvalue weighted by Crippen LogP contribution is 2.29. The van der Waals surface area contributed by atoms with Gasteiger partial charge in [-0.3, -0.25) is 4.40 Å². The Morgan fingerprint density at radius 2 is 2.06 bits per heavy atom. The van der Waals surface area contributed by atoms with Gasteiger partial charge in [-0.05, 0) is 19.1 Å². The Labute approximate surface area is 100 Å². The number of thiocarbonyl (C=S) groups is 1. The summed E-state index contributed by atoms with van der Waals surface area (Å²) < 4.78 is 38.9. The van der Waals surface area contributed by atoms with Crippen molar-refractivity contribution in [2.45, 2.75) is 13.1 Å². The van der Waals surface area contributed by atoms with Gasteiger partial charge in [0, 0.05) is 6.20 Å². The molecule has 7 heteroatoms. The molecule has 2 aromatic heterocycles. The molecule has 0 atom stereocenters. The number of aryl methyl sites for hydroxylation is 1. The van der Waals surface area contributed by atoms with E-state index in [0.717, 1.165) is 12.3 Å². The minimum Gasteiger partial charge on any atom is -0.388 e. The number of imidazole rings is 1. The molecule has 0 fully saturated rings. The van der Waals surface area contributed by atoms with Crippen LogP contribution in [0, 0.1) is 6.92 Å². The monoisotopic (exact) mass is 259 g/mol. The molecule has 2 heterocycles. The molecule has 0 amide bonds. The maximum atomic E-state index is 12.6. The van der Waals surface area contributed by atoms with E-state index in [9.17, 15) is 13.2 Å². The van der Waals surface area contributed by atoms with Crippen LogP contribution in [0.1, 0.15) is 17.0 Å². The molecule has 2 rings (SSSR count). The van der Waals surface area contributed by atoms with Gasteiger partial charge in [-0.1, -0.05) is 12.2 Å². The highest BCUT2D eigenvalue weighted by Gasteiger charge is 2.31. The van der Waals surface area contributed by atoms with Crippen LogP contribution < -0.4 is 5.73 Å². The molecule has 90 valence electrons. The van der Waals surface area contributed by atoms with Gasteiger partial charge >= 0.3 is 6.18 Å². The molecule has 0 bridgehead atoms. The molecule has 0 aromatic carbocycles. The summed E-state index contributed by atoms with van der Waals surface area (Å²) in [7, 11) is 0. The molecule has 0 spiro atoms. The van der Waals surface area contributed by atoms with E-state index < -0.39 is 11.7 Å². The average Bonchev–Trinajstić information content (AvgIpc) is 2.50. The van der Waals surface area contributed by atoms with Crippen molar-refractivity contribution in [1.29, 1.82) is 0 Å². The van der Waals surface area contributed by atoms with Crippen LogP contribution in [0.4, 0.5) is 13.2 Å². The standard InChI is InChI=1S/C10H8F3N3S/c1-5-8(9(14)17)16-4-6(10(11,12)13)2-3-7(16)15-5/h2-4H,1H3,(H2,14,17). The molecule has 0 aliphatic carbocycles. The summed E-state index contributed by atoms with van der Waals surface area (Å²) in [5, 5.41) is 0. The van der Waals surface area contributed by atoms with Gasteiger partial charge in [0.2, 0.25) is 0 Å². The first-order valence-corrected chi connectivity index (χ1v) is 5.07. The molecule has 2 aromatic rings. The van der Waals surface area contributed by atoms with Gasteiger partial charge in [-0.25, -0.2) is 4.98 Å². The Bertz CT molecular complexity index is 601. The van der Waals surface area contributed by atoms with Crippen molar-refractivity contribution in [3.8, 4) is 0 Å². The van der Waals surface area contributed by atoms with Gasteiger partial charge in [-0.15, -0.1) is 0 Å². The number of nitrogens with two attached hydrogens (primary N) is 1. The van der Waals surface area contributed by atoms with Crippen molar-refractivity contribution in [2.24, 2.45) is 5.73 Å². The lowest BCUT2D eigenvalue weighted by atomic mass is 10.2. The Morgan fingerprint density at radius 1 is 1.41 bits per heavy atom. The summed E-state index contributed by atoms with van der Waals surface area (Å²) in [6.45, 7) is 1.65. The minimum atomic E-state index is -4.40. The van der Waals surface area contributed by atoms with Gasteiger partial charge in [0.25, 0.3) is 0 Å². The molecule has 0 aliphatic heterocycles. The predicted molar refractivity (Wildman–Crippen MR) is 60.8 cm³/mol. The number of pyridine rings is 1. The van der Waals surface area contributed by atoms with E-state index in [1.807, 2.05) is 0 Å². The second-order valence-electron chi connectivity index (χ2n) is 3.55. The van der Waals surface area contributed by atoms with Crippen LogP contribution in [0.5, 0.6) is 0 Å². The van der Waals surface area contributed by atoms with Crippen LogP contribution in [0.25, 0.3) is 5.65 Å². The third-order valence-electron chi connectivity index (χ3n) is 2.35. The summed E-state index contributed by atoms with van der Waals surface area (Å²) in [6, 6.07) is 2.27. The van der Waals surface area contributed by atoms with Gasteiger partial charge < -0.3 is 5.73 Å². The van der Waals surface area contributed by atoms with Gasteiger partial charge in [0.1, 0.15) is 16.3 Å². The number of alkyl halides is 3. The van der Waals surface area contributed by atoms with Crippen LogP contribution in [0.2, 0.25) is 0 Å². The largest absolute Gasteiger partial charge is 0.417 e. The Hall–Kier alpha value is -1.63. The second-order valence-corrected chi connectivity index (χ2v) is 3.99. The van der Waals surface area contributed by atoms with Gasteiger partial charge in [0.15, 0.2) is 0 Å². The first-order valence-electron chi connectivity index (χ1n) is 4.66. The molecule has 3 nitrogen and oxygen atoms in total. The Balaban J connectivity index is 2.75. The molecular formula is C10H8F3N3S. The number of hydrogen-bond acceptors (Lipinski definition) is 2. The maximum Gasteiger partial charge on any atom is 0.417 e. The second kappa shape index (κ2) is 3.69. The predicted octanol–water partition coefficient (Wildman–Crippen LogP) is 2.30. The summed E-state index contributed by atoms with van der Waals surface area (Å²) in [4.78, 5) is 4.11. The quantitative estimate of drug-likeness (QED) is 0.799. The number of hydrogen-bond donors (Lipinski definition) is 1. The highest BCUT2D eigenvalue weighted by molar-refractivity contribution is 7.80. The molecule has 0 aliphatic rings. The first-order chi connectivity index (χ1) is 7.80. The summed E-state index contributed by atoms with van der Waals surface area (Å²) in [5.74, 6) is 0. The Kier molecular flexibility index (Phi) is 2.57. The normalized spacial score (nSPS) is 12.0. The van der Waals surface area contributed by atoms with Crippen LogP contribution in [0.3, 0.4) is 0 Å². The molecule has 0 radical (unpaired) electrons. The third kappa shape index (κ3) is 1.97. The summed E-state index contributed by atoms with van der Waals surface area (Å²) in [5.41, 5.74) is 5.94. The van der Waals surface area contributed by atoms with Crippen molar-refractivity contribution < 1.29 is 13.2 Å². The number of rotatable bonds is 1. The zero-order chi connectivity index (χ0) is 12.8. The van der Waals surface area contributed by atoms with Gasteiger partial charge in [0.05, 0.1) is 11.3 Å². The number of fused-ring (bicyclic) bond motifs is 1. The maximum absolute atomic E-state index is 12.6. The molecule has 0 unspecified atom stereocenters. The van der Waals surface area contributed by atoms with Crippen molar-refractivity contribution in [1.82, 2.24) is 9.38 Å². The van der Waals surface area contributed by atoms with E-state index >= 15 is 0 Å². The number of halogens is 3. The van der Waals surface area contributed by atoms with Crippen molar-refractivity contribution in [3.63, 3.8) is 0 Å². The lowest BCUT2D eigenvalue weighted by Crippen LogP contribution is -2.15. The molecule has 2 N–H and O–H groups in total. The SMILES string of the molecule is Cc1nc2ccc(C(F)(F)F)cn2c1C(N)=S. The fourth-order valence-corrected chi connectivity index (χ4v) is 1.87. The van der Waals surface area contributed by atoms with Gasteiger partial charge in [-0.2, -0.15) is 13.2 Å². The molecular weight excluding hydrogens is 251 g/mol. The topological polar surface area (TPSA) is 43.3 Å². The van der Waals surface area contributed by atoms with E-state index in [4.69, 9.17) is 18.0 Å². The number of nitrogens with zero attached hydrogens (tertiary/aromatic N) is 2. The van der Waals surface area contributed by atoms with E-state index in [-0.39, 0.29) is 4.99 Å². The third-order valence-corrected chi connectivity index (χ3v) is 2.55. The summed E-state index contributed by atoms with van der Waals surface area (Å²) in [6.07, 6.45) is -3.45. The summed E-state index contributed by atoms with van der Waals surface area (Å²) >= 11 is 4.80. The molecule has 0 saturated heterocycles. The fourth-order valence-electron chi connectivity index (χ4n) is 1.63. The van der Waals surface area contributed by atoms with E-state index in [1.165, 1.54) is 10.5 Å². The van der Waals surface area contributed by atoms with Crippen LogP contribution in [-0.4, -0.2) is 14.4 Å². The van der Waals surface area contributed by atoms with E-state index in [2.05, 4.69) is 4.98 Å². The minimum absolute atomic E-state index is 0.0225. The smallest absolute Gasteiger partial charge is 0.388 e. The number of aromatic nitrogens is 2. The molecule has 17 heavy (non-hydrogen) atoms. The first kappa shape index (κ1) is 11.8. The lowest BCUT2D eigenvalue weighted by molar-refractivity contribution is -0.137. The fraction of sp³-hybridized carbons (Fsp3) is 0.200. The Morgan fingerprint density at radius 3 is 2.59 bits per heavy atom. The van der Waals surface area contributed by atoms with Crippen molar-refractivity contribution in [2.75, 3.05) is 0 Å². The lowest BCUT2D eigenvalue weighted by Gasteiger charge is -2.07. The van der Waals surface area contributed by atoms with Crippen LogP contribution in [0.15, 0.2) is 18.3 Å². The average molecular weight is 259 g/mol. The van der Waals surface area contributed by atoms with Crippen molar-refractivity contribution >= 4 is 22.9 Å². The van der Waals surface area contributed by atoms with Crippen LogP contribution in [-0.2, 0) is 6.18 Å². The zero-order valence-corrected chi connectivity index (χ0v) is 9.56. The van der Waals surface area contributed by atoms with Crippen LogP contribution >= 0.6 is 12.2 Å². The molecule has 0 saturated carbocycles. The zero-order valence-electron chi connectivity index (χ0n) is 8.75. The van der Waals surface area contributed by atoms with Crippen molar-refractivity contribution in [3.05, 3.63) is 35.3 Å². The van der Waals surface area contributed by atoms with E-state index in [1.54, 1.807) is 6.92 Å². The highest BCUT2D eigenvalue weighted by atomic mass is 32.1. The van der Waals surface area contributed by atoms with E-state index in [0.29, 0.717) is 17.0 Å².